The van der Waals surface area contributed by atoms with Gasteiger partial charge in [0.15, 0.2) is 0 Å². The molecule has 1 aliphatic heterocycles. The fourth-order valence-electron chi connectivity index (χ4n) is 6.03. The minimum absolute atomic E-state index is 0.0319. The fraction of sp³-hybridized carbons (Fsp3) is 0.586. The second kappa shape index (κ2) is 12.0. The van der Waals surface area contributed by atoms with Gasteiger partial charge in [0.2, 0.25) is 0 Å². The SMILES string of the molecule is Cc1cc([PH+](C(C)C)C(C)C)c2c(c1)C(C)(C)c1cc(C)cc([PH+](C(C)C)C(C)C)c1[N-]2.[Cl][Ni]. The van der Waals surface area contributed by atoms with Gasteiger partial charge in [-0.25, -0.2) is 0 Å². The monoisotopic (exact) mass is 563 g/mol. The van der Waals surface area contributed by atoms with Crippen molar-refractivity contribution >= 4 is 48.0 Å². The molecule has 34 heavy (non-hydrogen) atoms. The standard InChI is InChI=1S/C29H44NP2.ClH.Ni/c1-17(2)31(18(3)4)25-15-21(9)13-23-27(25)30-28-24(29(23,11)12)14-22(10)16-26(28)32(19(5)6)20(7)8;;/h13-20H,1-12H3;1H;/q-1;;+1/p+1. The average molecular weight is 565 g/mol. The summed E-state index contributed by atoms with van der Waals surface area (Å²) in [6.45, 7) is 28.7. The number of aryl methyl sites for hydroxylation is 2. The van der Waals surface area contributed by atoms with Crippen molar-refractivity contribution < 1.29 is 14.6 Å². The van der Waals surface area contributed by atoms with Crippen molar-refractivity contribution in [2.45, 2.75) is 111 Å². The molecule has 0 spiro atoms. The molecule has 0 amide bonds. The van der Waals surface area contributed by atoms with Crippen LogP contribution in [0.4, 0.5) is 11.4 Å². The van der Waals surface area contributed by atoms with E-state index in [1.807, 2.05) is 0 Å². The first-order valence-electron chi connectivity index (χ1n) is 12.6. The number of nitrogens with zero attached hydrogens (tertiary/aromatic N) is 1. The summed E-state index contributed by atoms with van der Waals surface area (Å²) in [7, 11) is 2.81. The Bertz CT molecular complexity index is 905. The maximum atomic E-state index is 5.61. The fourth-order valence-corrected chi connectivity index (χ4v) is 12.9. The van der Waals surface area contributed by atoms with E-state index in [0.29, 0.717) is 22.6 Å². The molecule has 193 valence electrons. The molecule has 1 heterocycles. The van der Waals surface area contributed by atoms with Gasteiger partial charge in [-0.2, -0.15) is 0 Å². The molecule has 3 rings (SSSR count). The van der Waals surface area contributed by atoms with Gasteiger partial charge in [-0.15, -0.1) is 0 Å². The summed E-state index contributed by atoms with van der Waals surface area (Å²) >= 11 is 3.35. The van der Waals surface area contributed by atoms with Crippen LogP contribution in [0.3, 0.4) is 0 Å². The van der Waals surface area contributed by atoms with E-state index >= 15 is 0 Å². The van der Waals surface area contributed by atoms with E-state index < -0.39 is 15.8 Å². The molecule has 1 nitrogen and oxygen atoms in total. The molecule has 0 unspecified atom stereocenters. The Morgan fingerprint density at radius 3 is 1.21 bits per heavy atom. The molecule has 0 atom stereocenters. The summed E-state index contributed by atoms with van der Waals surface area (Å²) in [5.74, 6) is 0. The van der Waals surface area contributed by atoms with Gasteiger partial charge in [-0.05, 0) is 104 Å². The van der Waals surface area contributed by atoms with E-state index in [1.165, 1.54) is 33.6 Å². The Labute approximate surface area is 224 Å². The summed E-state index contributed by atoms with van der Waals surface area (Å²) in [6, 6.07) is 9.79. The third-order valence-electron chi connectivity index (χ3n) is 7.19. The number of hydrogen-bond donors (Lipinski definition) is 0. The molecular formula is C29H46ClNNiP2+. The maximum absolute atomic E-state index is 5.61. The van der Waals surface area contributed by atoms with Crippen LogP contribution in [0.15, 0.2) is 24.3 Å². The van der Waals surface area contributed by atoms with E-state index in [9.17, 15) is 0 Å². The normalized spacial score (nSPS) is 14.5. The van der Waals surface area contributed by atoms with Crippen LogP contribution in [0.25, 0.3) is 5.32 Å². The summed E-state index contributed by atoms with van der Waals surface area (Å²) in [6.07, 6.45) is 0. The molecule has 2 aromatic rings. The Hall–Kier alpha value is -0.116. The molecule has 0 N–H and O–H groups in total. The van der Waals surface area contributed by atoms with E-state index in [4.69, 9.17) is 5.32 Å². The quantitative estimate of drug-likeness (QED) is 0.245. The first kappa shape index (κ1) is 30.1. The predicted molar refractivity (Wildman–Crippen MR) is 159 cm³/mol. The molecule has 1 aliphatic rings. The number of halogens is 1. The molecule has 0 saturated carbocycles. The first-order chi connectivity index (χ1) is 15.8. The van der Waals surface area contributed by atoms with Crippen molar-refractivity contribution in [3.8, 4) is 0 Å². The van der Waals surface area contributed by atoms with Crippen LogP contribution >= 0.6 is 26.0 Å². The minimum atomic E-state index is -0.728. The van der Waals surface area contributed by atoms with Crippen molar-refractivity contribution in [1.29, 1.82) is 0 Å². The average Bonchev–Trinajstić information content (AvgIpc) is 2.70. The number of hydrogen-bond acceptors (Lipinski definition) is 0. The van der Waals surface area contributed by atoms with Crippen molar-refractivity contribution in [3.05, 3.63) is 51.8 Å². The van der Waals surface area contributed by atoms with Gasteiger partial charge in [0.1, 0.15) is 0 Å². The summed E-state index contributed by atoms with van der Waals surface area (Å²) in [5, 5.41) is 8.73. The molecule has 0 bridgehead atoms. The molecule has 0 saturated heterocycles. The van der Waals surface area contributed by atoms with Crippen LogP contribution in [0.2, 0.25) is 0 Å². The topological polar surface area (TPSA) is 14.1 Å². The van der Waals surface area contributed by atoms with Crippen molar-refractivity contribution in [1.82, 2.24) is 0 Å². The first-order valence-corrected chi connectivity index (χ1v) is 17.3. The molecule has 0 radical (unpaired) electrons. The predicted octanol–water partition coefficient (Wildman–Crippen LogP) is 9.28. The Morgan fingerprint density at radius 1 is 0.647 bits per heavy atom. The third kappa shape index (κ3) is 5.89. The second-order valence-electron chi connectivity index (χ2n) is 11.7. The van der Waals surface area contributed by atoms with Crippen molar-refractivity contribution in [3.63, 3.8) is 0 Å². The van der Waals surface area contributed by atoms with Gasteiger partial charge in [-0.3, -0.25) is 0 Å². The molecule has 5 heteroatoms. The van der Waals surface area contributed by atoms with Gasteiger partial charge < -0.3 is 5.32 Å². The molecular weight excluding hydrogens is 518 g/mol. The number of benzene rings is 2. The van der Waals surface area contributed by atoms with Gasteiger partial charge in [-0.1, -0.05) is 37.4 Å². The van der Waals surface area contributed by atoms with E-state index in [1.54, 1.807) is 10.6 Å². The number of fused-ring (bicyclic) bond motifs is 2. The summed E-state index contributed by atoms with van der Waals surface area (Å²) < 4.78 is 0. The molecule has 0 fully saturated rings. The van der Waals surface area contributed by atoms with Crippen LogP contribution < -0.4 is 10.6 Å². The number of rotatable bonds is 6. The van der Waals surface area contributed by atoms with Crippen LogP contribution in [-0.4, -0.2) is 22.6 Å². The third-order valence-corrected chi connectivity index (χ3v) is 14.2. The van der Waals surface area contributed by atoms with Gasteiger partial charge >= 0.3 is 24.8 Å². The van der Waals surface area contributed by atoms with Gasteiger partial charge in [0.05, 0.1) is 33.2 Å². The molecule has 0 aliphatic carbocycles. The van der Waals surface area contributed by atoms with Crippen LogP contribution in [-0.2, 0) is 20.0 Å². The van der Waals surface area contributed by atoms with Crippen LogP contribution in [0.1, 0.15) is 91.5 Å². The van der Waals surface area contributed by atoms with E-state index in [-0.39, 0.29) is 5.41 Å². The molecule has 2 aromatic carbocycles. The molecule has 0 aromatic heterocycles. The zero-order chi connectivity index (χ0) is 26.1. The van der Waals surface area contributed by atoms with Gasteiger partial charge in [0.25, 0.3) is 0 Å². The zero-order valence-corrected chi connectivity index (χ0v) is 27.0. The van der Waals surface area contributed by atoms with Crippen molar-refractivity contribution in [2.24, 2.45) is 0 Å². The van der Waals surface area contributed by atoms with E-state index in [2.05, 4.69) is 132 Å². The Balaban J connectivity index is 0.00000199. The second-order valence-corrected chi connectivity index (χ2v) is 19.2. The zero-order valence-electron chi connectivity index (χ0n) is 23.3. The summed E-state index contributed by atoms with van der Waals surface area (Å²) in [4.78, 5) is 0. The van der Waals surface area contributed by atoms with Crippen molar-refractivity contribution in [2.75, 3.05) is 0 Å². The summed E-state index contributed by atoms with van der Waals surface area (Å²) in [5.41, 5.74) is 11.0. The van der Waals surface area contributed by atoms with Crippen LogP contribution in [0, 0.1) is 13.8 Å². The Morgan fingerprint density at radius 2 is 0.941 bits per heavy atom. The van der Waals surface area contributed by atoms with Crippen LogP contribution in [0.5, 0.6) is 0 Å². The van der Waals surface area contributed by atoms with E-state index in [0.717, 1.165) is 0 Å². The Kier molecular flexibility index (Phi) is 10.6. The van der Waals surface area contributed by atoms with Gasteiger partial charge in [0, 0.05) is 21.3 Å².